The largest absolute Gasteiger partial charge is 0.467 e. The second-order valence-corrected chi connectivity index (χ2v) is 7.17. The van der Waals surface area contributed by atoms with Gasteiger partial charge in [0, 0.05) is 24.8 Å². The van der Waals surface area contributed by atoms with Crippen LogP contribution in [0.2, 0.25) is 0 Å². The van der Waals surface area contributed by atoms with E-state index in [2.05, 4.69) is 20.2 Å². The molecule has 9 heteroatoms. The molecule has 1 N–H and O–H groups in total. The Balaban J connectivity index is 1.52. The van der Waals surface area contributed by atoms with E-state index in [1.54, 1.807) is 23.1 Å². The van der Waals surface area contributed by atoms with Gasteiger partial charge in [0.2, 0.25) is 0 Å². The number of rotatable bonds is 3. The number of halogens is 1. The lowest BCUT2D eigenvalue weighted by molar-refractivity contribution is 0.254. The van der Waals surface area contributed by atoms with Crippen LogP contribution in [0.25, 0.3) is 11.3 Å². The van der Waals surface area contributed by atoms with E-state index < -0.39 is 0 Å². The topological polar surface area (TPSA) is 83.5 Å². The number of amides is 2. The van der Waals surface area contributed by atoms with Crippen LogP contribution in [0.4, 0.5) is 26.5 Å². The Bertz CT molecular complexity index is 1120. The number of pyridine rings is 1. The van der Waals surface area contributed by atoms with Gasteiger partial charge in [0.1, 0.15) is 11.6 Å². The van der Waals surface area contributed by atoms with Gasteiger partial charge in [-0.15, -0.1) is 0 Å². The number of ether oxygens (including phenoxy) is 1. The number of nitrogens with one attached hydrogen (secondary N) is 1. The SMILES string of the molecule is COc1nccc(NC(=O)N2c3nc(-c4cccc(F)c4)ccc3N3CC[C@H]2C3)n1. The van der Waals surface area contributed by atoms with E-state index in [0.29, 0.717) is 22.9 Å². The summed E-state index contributed by atoms with van der Waals surface area (Å²) in [6.45, 7) is 1.60. The van der Waals surface area contributed by atoms with E-state index >= 15 is 0 Å². The van der Waals surface area contributed by atoms with Crippen molar-refractivity contribution in [1.82, 2.24) is 15.0 Å². The van der Waals surface area contributed by atoms with Crippen molar-refractivity contribution in [3.63, 3.8) is 0 Å². The molecule has 8 nitrogen and oxygen atoms in total. The third-order valence-corrected chi connectivity index (χ3v) is 5.34. The molecule has 2 aliphatic heterocycles. The summed E-state index contributed by atoms with van der Waals surface area (Å²) in [7, 11) is 1.47. The molecule has 1 saturated heterocycles. The molecule has 1 fully saturated rings. The molecule has 0 saturated carbocycles. The van der Waals surface area contributed by atoms with Gasteiger partial charge in [-0.1, -0.05) is 12.1 Å². The molecule has 2 bridgehead atoms. The zero-order chi connectivity index (χ0) is 20.7. The van der Waals surface area contributed by atoms with Crippen molar-refractivity contribution in [1.29, 1.82) is 0 Å². The van der Waals surface area contributed by atoms with Gasteiger partial charge in [-0.05, 0) is 36.8 Å². The highest BCUT2D eigenvalue weighted by molar-refractivity contribution is 6.04. The Morgan fingerprint density at radius 2 is 2.13 bits per heavy atom. The first-order valence-electron chi connectivity index (χ1n) is 9.61. The Labute approximate surface area is 172 Å². The van der Waals surface area contributed by atoms with Crippen molar-refractivity contribution < 1.29 is 13.9 Å². The number of methoxy groups -OCH3 is 1. The summed E-state index contributed by atoms with van der Waals surface area (Å²) in [6.07, 6.45) is 2.36. The van der Waals surface area contributed by atoms with Crippen LogP contribution < -0.4 is 19.9 Å². The first-order valence-corrected chi connectivity index (χ1v) is 9.61. The lowest BCUT2D eigenvalue weighted by Crippen LogP contribution is -2.48. The van der Waals surface area contributed by atoms with E-state index in [0.717, 1.165) is 25.2 Å². The number of anilines is 3. The zero-order valence-electron chi connectivity index (χ0n) is 16.2. The average molecular weight is 406 g/mol. The number of aromatic nitrogens is 3. The fourth-order valence-electron chi connectivity index (χ4n) is 3.96. The molecule has 0 spiro atoms. The maximum atomic E-state index is 13.7. The van der Waals surface area contributed by atoms with Crippen LogP contribution in [0.1, 0.15) is 6.42 Å². The quantitative estimate of drug-likeness (QED) is 0.719. The van der Waals surface area contributed by atoms with Crippen molar-refractivity contribution in [2.24, 2.45) is 0 Å². The van der Waals surface area contributed by atoms with Crippen LogP contribution >= 0.6 is 0 Å². The van der Waals surface area contributed by atoms with Gasteiger partial charge in [0.15, 0.2) is 5.82 Å². The smallest absolute Gasteiger partial charge is 0.329 e. The monoisotopic (exact) mass is 406 g/mol. The zero-order valence-corrected chi connectivity index (χ0v) is 16.2. The molecule has 5 rings (SSSR count). The van der Waals surface area contributed by atoms with E-state index in [4.69, 9.17) is 9.72 Å². The highest BCUT2D eigenvalue weighted by Gasteiger charge is 2.40. The molecule has 0 aliphatic carbocycles. The number of hydrogen-bond acceptors (Lipinski definition) is 6. The maximum absolute atomic E-state index is 13.7. The van der Waals surface area contributed by atoms with Crippen molar-refractivity contribution in [2.75, 3.05) is 35.3 Å². The van der Waals surface area contributed by atoms with E-state index in [1.807, 2.05) is 12.1 Å². The minimum absolute atomic E-state index is 0.00325. The molecule has 1 atom stereocenters. The van der Waals surface area contributed by atoms with Crippen molar-refractivity contribution >= 4 is 23.4 Å². The minimum atomic E-state index is -0.330. The molecular formula is C21H19FN6O2. The van der Waals surface area contributed by atoms with E-state index in [-0.39, 0.29) is 23.9 Å². The normalized spacial score (nSPS) is 16.9. The minimum Gasteiger partial charge on any atom is -0.467 e. The fourth-order valence-corrected chi connectivity index (χ4v) is 3.96. The van der Waals surface area contributed by atoms with Gasteiger partial charge in [-0.25, -0.2) is 19.2 Å². The number of fused-ring (bicyclic) bond motifs is 4. The Kier molecular flexibility index (Phi) is 4.42. The molecule has 2 aromatic heterocycles. The summed E-state index contributed by atoms with van der Waals surface area (Å²) in [5.41, 5.74) is 2.16. The second kappa shape index (κ2) is 7.25. The Morgan fingerprint density at radius 1 is 1.23 bits per heavy atom. The predicted molar refractivity (Wildman–Crippen MR) is 110 cm³/mol. The summed E-state index contributed by atoms with van der Waals surface area (Å²) >= 11 is 0. The summed E-state index contributed by atoms with van der Waals surface area (Å²) in [5, 5.41) is 2.82. The van der Waals surface area contributed by atoms with E-state index in [1.165, 1.54) is 25.4 Å². The fraction of sp³-hybridized carbons (Fsp3) is 0.238. The van der Waals surface area contributed by atoms with Crippen LogP contribution in [0.3, 0.4) is 0 Å². The number of carbonyl (C=O) groups is 1. The molecule has 2 amide bonds. The number of carbonyl (C=O) groups excluding carboxylic acids is 1. The Hall–Kier alpha value is -3.75. The summed E-state index contributed by atoms with van der Waals surface area (Å²) in [4.78, 5) is 30.0. The molecule has 4 heterocycles. The van der Waals surface area contributed by atoms with Crippen LogP contribution in [-0.2, 0) is 0 Å². The molecule has 0 unspecified atom stereocenters. The average Bonchev–Trinajstić information content (AvgIpc) is 3.18. The molecule has 3 aromatic rings. The van der Waals surface area contributed by atoms with Crippen LogP contribution in [0, 0.1) is 5.82 Å². The number of urea groups is 1. The molecule has 0 radical (unpaired) electrons. The lowest BCUT2D eigenvalue weighted by atomic mass is 10.1. The van der Waals surface area contributed by atoms with E-state index in [9.17, 15) is 9.18 Å². The molecule has 2 aliphatic rings. The third kappa shape index (κ3) is 3.18. The van der Waals surface area contributed by atoms with Crippen LogP contribution in [0.5, 0.6) is 6.01 Å². The standard InChI is InChI=1S/C21H19FN6O2/c1-30-20-23-9-7-18(25-20)26-21(29)28-15-8-10-27(12-15)17-6-5-16(24-19(17)28)13-3-2-4-14(22)11-13/h2-7,9,11,15H,8,10,12H2,1H3,(H,23,25,26,29)/t15-/m0/s1. The number of hydrogen-bond donors (Lipinski definition) is 1. The molecule has 30 heavy (non-hydrogen) atoms. The summed E-state index contributed by atoms with van der Waals surface area (Å²) in [5.74, 6) is 0.572. The number of nitrogens with zero attached hydrogens (tertiary/aromatic N) is 5. The van der Waals surface area contributed by atoms with Gasteiger partial charge in [0.05, 0.1) is 24.5 Å². The first-order chi connectivity index (χ1) is 14.6. The third-order valence-electron chi connectivity index (χ3n) is 5.34. The summed E-state index contributed by atoms with van der Waals surface area (Å²) in [6, 6.07) is 11.5. The maximum Gasteiger partial charge on any atom is 0.329 e. The van der Waals surface area contributed by atoms with Gasteiger partial charge >= 0.3 is 12.0 Å². The second-order valence-electron chi connectivity index (χ2n) is 7.17. The molecular weight excluding hydrogens is 387 g/mol. The Morgan fingerprint density at radius 3 is 2.97 bits per heavy atom. The lowest BCUT2D eigenvalue weighted by Gasteiger charge is -2.35. The predicted octanol–water partition coefficient (Wildman–Crippen LogP) is 3.32. The van der Waals surface area contributed by atoms with Gasteiger partial charge in [0.25, 0.3) is 0 Å². The van der Waals surface area contributed by atoms with Crippen molar-refractivity contribution in [2.45, 2.75) is 12.5 Å². The van der Waals surface area contributed by atoms with Gasteiger partial charge in [-0.3, -0.25) is 10.2 Å². The summed E-state index contributed by atoms with van der Waals surface area (Å²) < 4.78 is 18.7. The highest BCUT2D eigenvalue weighted by atomic mass is 19.1. The van der Waals surface area contributed by atoms with Crippen LogP contribution in [-0.4, -0.2) is 47.2 Å². The van der Waals surface area contributed by atoms with Crippen molar-refractivity contribution in [3.8, 4) is 17.3 Å². The van der Waals surface area contributed by atoms with Gasteiger partial charge < -0.3 is 9.64 Å². The molecule has 1 aromatic carbocycles. The van der Waals surface area contributed by atoms with Gasteiger partial charge in [-0.2, -0.15) is 4.98 Å². The first kappa shape index (κ1) is 18.3. The highest BCUT2D eigenvalue weighted by Crippen LogP contribution is 2.40. The number of benzene rings is 1. The van der Waals surface area contributed by atoms with Crippen molar-refractivity contribution in [3.05, 3.63) is 54.5 Å². The molecule has 152 valence electrons. The van der Waals surface area contributed by atoms with Crippen LogP contribution in [0.15, 0.2) is 48.7 Å².